The van der Waals surface area contributed by atoms with Crippen LogP contribution in [0.1, 0.15) is 26.2 Å². The summed E-state index contributed by atoms with van der Waals surface area (Å²) in [5.41, 5.74) is 0. The molecule has 1 saturated heterocycles. The van der Waals surface area contributed by atoms with Gasteiger partial charge in [0.1, 0.15) is 0 Å². The first-order chi connectivity index (χ1) is 4.27. The molecule has 0 bridgehead atoms. The van der Waals surface area contributed by atoms with E-state index in [0.29, 0.717) is 0 Å². The number of rotatable bonds is 1. The predicted octanol–water partition coefficient (Wildman–Crippen LogP) is 1.09. The average molecular weight is 124 g/mol. The molecule has 0 aromatic rings. The summed E-state index contributed by atoms with van der Waals surface area (Å²) in [7, 11) is 6.00. The van der Waals surface area contributed by atoms with Crippen LogP contribution in [-0.4, -0.2) is 32.0 Å². The summed E-state index contributed by atoms with van der Waals surface area (Å²) >= 11 is 0. The monoisotopic (exact) mass is 124 g/mol. The van der Waals surface area contributed by atoms with Gasteiger partial charge in [-0.25, -0.2) is 0 Å². The van der Waals surface area contributed by atoms with Crippen LogP contribution in [0.25, 0.3) is 0 Å². The van der Waals surface area contributed by atoms with Crippen molar-refractivity contribution in [2.45, 2.75) is 26.2 Å². The van der Waals surface area contributed by atoms with Crippen LogP contribution in [-0.2, 0) is 0 Å². The normalized spacial score (nSPS) is 25.9. The Balaban J connectivity index is 2.37. The highest BCUT2D eigenvalue weighted by molar-refractivity contribution is 5.97. The quantitative estimate of drug-likeness (QED) is 0.459. The molecular weight excluding hydrogens is 109 g/mol. The highest BCUT2D eigenvalue weighted by Crippen LogP contribution is 2.13. The molecule has 2 radical (unpaired) electrons. The van der Waals surface area contributed by atoms with Crippen molar-refractivity contribution in [3.05, 3.63) is 0 Å². The molecule has 2 heteroatoms. The summed E-state index contributed by atoms with van der Waals surface area (Å²) in [6.45, 7) is 5.65. The van der Waals surface area contributed by atoms with Gasteiger partial charge in [-0.1, -0.05) is 0 Å². The highest BCUT2D eigenvalue weighted by atomic mass is 15.3. The fourth-order valence-corrected chi connectivity index (χ4v) is 1.46. The minimum atomic E-state index is 0.819. The fourth-order valence-electron chi connectivity index (χ4n) is 1.46. The largest absolute Gasteiger partial charge is 0.481 e. The molecule has 9 heavy (non-hydrogen) atoms. The predicted molar refractivity (Wildman–Crippen MR) is 40.1 cm³/mol. The molecule has 0 saturated carbocycles. The van der Waals surface area contributed by atoms with Gasteiger partial charge in [0.25, 0.3) is 0 Å². The molecule has 0 amide bonds. The van der Waals surface area contributed by atoms with Gasteiger partial charge in [-0.2, -0.15) is 0 Å². The van der Waals surface area contributed by atoms with Crippen molar-refractivity contribution in [2.24, 2.45) is 0 Å². The lowest BCUT2D eigenvalue weighted by Gasteiger charge is -2.37. The van der Waals surface area contributed by atoms with E-state index in [9.17, 15) is 0 Å². The first kappa shape index (κ1) is 7.14. The standard InChI is InChI=1S/C7H15BN/c1-2-9(8)6-4-3-5-7-9/h2-7H2,1H3/q+1. The van der Waals surface area contributed by atoms with Crippen molar-refractivity contribution >= 4 is 7.98 Å². The van der Waals surface area contributed by atoms with Crippen molar-refractivity contribution in [2.75, 3.05) is 19.6 Å². The van der Waals surface area contributed by atoms with E-state index in [1.54, 1.807) is 0 Å². The van der Waals surface area contributed by atoms with E-state index in [-0.39, 0.29) is 0 Å². The van der Waals surface area contributed by atoms with E-state index in [1.165, 1.54) is 32.4 Å². The molecule has 0 N–H and O–H groups in total. The third-order valence-corrected chi connectivity index (χ3v) is 2.34. The van der Waals surface area contributed by atoms with Crippen molar-refractivity contribution < 1.29 is 4.39 Å². The Morgan fingerprint density at radius 2 is 1.78 bits per heavy atom. The molecule has 0 aliphatic carbocycles. The lowest BCUT2D eigenvalue weighted by Crippen LogP contribution is -2.48. The number of piperidine rings is 1. The van der Waals surface area contributed by atoms with Crippen LogP contribution < -0.4 is 0 Å². The van der Waals surface area contributed by atoms with Gasteiger partial charge in [-0.05, 0) is 26.2 Å². The zero-order chi connectivity index (χ0) is 6.74. The second-order valence-corrected chi connectivity index (χ2v) is 3.04. The van der Waals surface area contributed by atoms with E-state index >= 15 is 0 Å². The molecule has 1 aliphatic heterocycles. The summed E-state index contributed by atoms with van der Waals surface area (Å²) in [6.07, 6.45) is 4.03. The van der Waals surface area contributed by atoms with Crippen LogP contribution in [0.4, 0.5) is 0 Å². The van der Waals surface area contributed by atoms with Gasteiger partial charge >= 0.3 is 7.98 Å². The Labute approximate surface area is 59.1 Å². The van der Waals surface area contributed by atoms with Crippen LogP contribution in [0.3, 0.4) is 0 Å². The zero-order valence-corrected chi connectivity index (χ0v) is 6.27. The maximum atomic E-state index is 6.00. The summed E-state index contributed by atoms with van der Waals surface area (Å²) in [5.74, 6) is 0. The molecule has 1 aliphatic rings. The lowest BCUT2D eigenvalue weighted by atomic mass is 10.0. The molecule has 1 rings (SSSR count). The Kier molecular flexibility index (Phi) is 2.17. The smallest absolute Gasteiger partial charge is 0.397 e. The van der Waals surface area contributed by atoms with E-state index in [2.05, 4.69) is 6.92 Å². The summed E-state index contributed by atoms with van der Waals surface area (Å²) in [5, 5.41) is 0. The van der Waals surface area contributed by atoms with Crippen molar-refractivity contribution in [1.29, 1.82) is 0 Å². The maximum Gasteiger partial charge on any atom is 0.481 e. The van der Waals surface area contributed by atoms with Crippen LogP contribution >= 0.6 is 0 Å². The number of hydrogen-bond donors (Lipinski definition) is 0. The third kappa shape index (κ3) is 1.72. The highest BCUT2D eigenvalue weighted by Gasteiger charge is 2.21. The second kappa shape index (κ2) is 2.74. The molecule has 1 heterocycles. The minimum absolute atomic E-state index is 0.819. The number of likely N-dealkylation sites (tertiary alicyclic amines) is 1. The number of quaternary nitrogens is 1. The fraction of sp³-hybridized carbons (Fsp3) is 1.00. The van der Waals surface area contributed by atoms with Crippen LogP contribution in [0.15, 0.2) is 0 Å². The first-order valence-electron chi connectivity index (χ1n) is 3.91. The molecule has 0 unspecified atom stereocenters. The van der Waals surface area contributed by atoms with Crippen molar-refractivity contribution in [1.82, 2.24) is 0 Å². The van der Waals surface area contributed by atoms with Gasteiger partial charge < -0.3 is 4.39 Å². The molecule has 0 aromatic carbocycles. The van der Waals surface area contributed by atoms with Gasteiger partial charge in [-0.15, -0.1) is 0 Å². The number of hydrogen-bond acceptors (Lipinski definition) is 0. The SMILES string of the molecule is [B][N+]1(CC)CCCCC1. The molecule has 0 spiro atoms. The molecular formula is C7H15BN+. The molecule has 1 fully saturated rings. The topological polar surface area (TPSA) is 0 Å². The van der Waals surface area contributed by atoms with Crippen molar-refractivity contribution in [3.63, 3.8) is 0 Å². The van der Waals surface area contributed by atoms with Crippen LogP contribution in [0.2, 0.25) is 0 Å². The Morgan fingerprint density at radius 3 is 2.11 bits per heavy atom. The summed E-state index contributed by atoms with van der Waals surface area (Å²) in [4.78, 5) is 0. The van der Waals surface area contributed by atoms with E-state index < -0.39 is 0 Å². The minimum Gasteiger partial charge on any atom is -0.397 e. The molecule has 1 nitrogen and oxygen atoms in total. The third-order valence-electron chi connectivity index (χ3n) is 2.34. The second-order valence-electron chi connectivity index (χ2n) is 3.04. The van der Waals surface area contributed by atoms with Crippen molar-refractivity contribution in [3.8, 4) is 0 Å². The zero-order valence-electron chi connectivity index (χ0n) is 6.27. The number of nitrogens with zero attached hydrogens (tertiary/aromatic N) is 1. The lowest BCUT2D eigenvalue weighted by molar-refractivity contribution is -0.820. The maximum absolute atomic E-state index is 6.00. The van der Waals surface area contributed by atoms with Gasteiger partial charge in [0.2, 0.25) is 0 Å². The molecule has 0 atom stereocenters. The van der Waals surface area contributed by atoms with E-state index in [1.807, 2.05) is 0 Å². The van der Waals surface area contributed by atoms with Gasteiger partial charge in [0, 0.05) is 0 Å². The van der Waals surface area contributed by atoms with Crippen LogP contribution in [0, 0.1) is 0 Å². The van der Waals surface area contributed by atoms with E-state index in [4.69, 9.17) is 7.98 Å². The van der Waals surface area contributed by atoms with Gasteiger partial charge in [0.15, 0.2) is 0 Å². The average Bonchev–Trinajstić information content (AvgIpc) is 1.90. The van der Waals surface area contributed by atoms with Gasteiger partial charge in [-0.3, -0.25) is 0 Å². The van der Waals surface area contributed by atoms with E-state index in [0.717, 1.165) is 10.9 Å². The first-order valence-corrected chi connectivity index (χ1v) is 3.91. The molecule has 0 aromatic heterocycles. The summed E-state index contributed by atoms with van der Waals surface area (Å²) < 4.78 is 0.819. The summed E-state index contributed by atoms with van der Waals surface area (Å²) in [6, 6.07) is 0. The Morgan fingerprint density at radius 1 is 1.22 bits per heavy atom. The molecule has 50 valence electrons. The Bertz CT molecular complexity index is 86.9. The van der Waals surface area contributed by atoms with Crippen LogP contribution in [0.5, 0.6) is 0 Å². The van der Waals surface area contributed by atoms with Gasteiger partial charge in [0.05, 0.1) is 19.6 Å². The Hall–Kier alpha value is 0.0249.